The van der Waals surface area contributed by atoms with Crippen LogP contribution >= 0.6 is 23.2 Å². The van der Waals surface area contributed by atoms with Gasteiger partial charge in [0.05, 0.1) is 23.1 Å². The summed E-state index contributed by atoms with van der Waals surface area (Å²) in [6.45, 7) is 0.618. The first-order chi connectivity index (χ1) is 9.43. The summed E-state index contributed by atoms with van der Waals surface area (Å²) >= 11 is 12.0. The molecule has 1 amide bonds. The van der Waals surface area contributed by atoms with E-state index in [1.54, 1.807) is 0 Å². The van der Waals surface area contributed by atoms with Gasteiger partial charge < -0.3 is 14.7 Å². The SMILES string of the molecule is COc1c(Cl)cc(C(=O)N2CCC(C(=O)O)C2)cc1Cl. The number of halogens is 2. The number of rotatable bonds is 3. The lowest BCUT2D eigenvalue weighted by molar-refractivity contribution is -0.141. The summed E-state index contributed by atoms with van der Waals surface area (Å²) in [7, 11) is 1.44. The number of carboxylic acids is 1. The quantitative estimate of drug-likeness (QED) is 0.930. The minimum Gasteiger partial charge on any atom is -0.494 e. The predicted molar refractivity (Wildman–Crippen MR) is 74.7 cm³/mol. The van der Waals surface area contributed by atoms with Crippen molar-refractivity contribution in [1.82, 2.24) is 4.90 Å². The fourth-order valence-electron chi connectivity index (χ4n) is 2.21. The average Bonchev–Trinajstić information content (AvgIpc) is 2.87. The van der Waals surface area contributed by atoms with E-state index in [1.807, 2.05) is 0 Å². The summed E-state index contributed by atoms with van der Waals surface area (Å²) in [6.07, 6.45) is 0.457. The van der Waals surface area contributed by atoms with E-state index in [1.165, 1.54) is 24.1 Å². The van der Waals surface area contributed by atoms with Crippen molar-refractivity contribution in [2.75, 3.05) is 20.2 Å². The van der Waals surface area contributed by atoms with Gasteiger partial charge in [-0.25, -0.2) is 0 Å². The van der Waals surface area contributed by atoms with Gasteiger partial charge >= 0.3 is 5.97 Å². The molecule has 1 heterocycles. The van der Waals surface area contributed by atoms with E-state index in [9.17, 15) is 9.59 Å². The van der Waals surface area contributed by atoms with Gasteiger partial charge in [0.25, 0.3) is 5.91 Å². The van der Waals surface area contributed by atoms with Crippen molar-refractivity contribution in [2.45, 2.75) is 6.42 Å². The molecule has 0 bridgehead atoms. The second kappa shape index (κ2) is 5.89. The second-order valence-corrected chi connectivity index (χ2v) is 5.36. The molecule has 1 saturated heterocycles. The number of amides is 1. The molecular formula is C13H13Cl2NO4. The van der Waals surface area contributed by atoms with E-state index in [4.69, 9.17) is 33.0 Å². The van der Waals surface area contributed by atoms with Crippen molar-refractivity contribution in [3.05, 3.63) is 27.7 Å². The lowest BCUT2D eigenvalue weighted by Crippen LogP contribution is -2.29. The Morgan fingerprint density at radius 1 is 1.35 bits per heavy atom. The van der Waals surface area contributed by atoms with Crippen LogP contribution in [0.25, 0.3) is 0 Å². The molecule has 1 aliphatic rings. The molecule has 1 N–H and O–H groups in total. The molecule has 0 spiro atoms. The highest BCUT2D eigenvalue weighted by Crippen LogP contribution is 2.34. The van der Waals surface area contributed by atoms with Crippen LogP contribution in [0.5, 0.6) is 5.75 Å². The number of likely N-dealkylation sites (tertiary alicyclic amines) is 1. The number of carboxylic acid groups (broad SMARTS) is 1. The minimum atomic E-state index is -0.883. The molecule has 1 aromatic carbocycles. The van der Waals surface area contributed by atoms with Gasteiger partial charge in [-0.1, -0.05) is 23.2 Å². The topological polar surface area (TPSA) is 66.8 Å². The molecule has 1 fully saturated rings. The minimum absolute atomic E-state index is 0.204. The Balaban J connectivity index is 2.20. The number of carbonyl (C=O) groups is 2. The molecule has 5 nitrogen and oxygen atoms in total. The first-order valence-corrected chi connectivity index (χ1v) is 6.74. The van der Waals surface area contributed by atoms with Gasteiger partial charge in [-0.3, -0.25) is 9.59 Å². The molecule has 1 atom stereocenters. The lowest BCUT2D eigenvalue weighted by atomic mass is 10.1. The van der Waals surface area contributed by atoms with Crippen LogP contribution in [0.3, 0.4) is 0 Å². The molecule has 1 aliphatic heterocycles. The van der Waals surface area contributed by atoms with Crippen molar-refractivity contribution < 1.29 is 19.4 Å². The van der Waals surface area contributed by atoms with Crippen molar-refractivity contribution in [3.63, 3.8) is 0 Å². The van der Waals surface area contributed by atoms with Crippen molar-refractivity contribution >= 4 is 35.1 Å². The standard InChI is InChI=1S/C13H13Cl2NO4/c1-20-11-9(14)4-8(5-10(11)15)12(17)16-3-2-7(6-16)13(18)19/h4-5,7H,2-3,6H2,1H3,(H,18,19). The molecule has 108 valence electrons. The normalized spacial score (nSPS) is 18.1. The van der Waals surface area contributed by atoms with E-state index in [-0.39, 0.29) is 22.5 Å². The maximum atomic E-state index is 12.3. The summed E-state index contributed by atoms with van der Waals surface area (Å²) in [5.41, 5.74) is 0.326. The third-order valence-corrected chi connectivity index (χ3v) is 3.84. The lowest BCUT2D eigenvalue weighted by Gasteiger charge is -2.17. The van der Waals surface area contributed by atoms with Gasteiger partial charge in [-0.05, 0) is 18.6 Å². The van der Waals surface area contributed by atoms with Crippen molar-refractivity contribution in [3.8, 4) is 5.75 Å². The average molecular weight is 318 g/mol. The number of hydrogen-bond donors (Lipinski definition) is 1. The highest BCUT2D eigenvalue weighted by molar-refractivity contribution is 6.37. The summed E-state index contributed by atoms with van der Waals surface area (Å²) in [5, 5.41) is 9.44. The Morgan fingerprint density at radius 3 is 2.40 bits per heavy atom. The molecule has 0 aromatic heterocycles. The molecule has 0 radical (unpaired) electrons. The second-order valence-electron chi connectivity index (χ2n) is 4.55. The smallest absolute Gasteiger partial charge is 0.308 e. The Hall–Kier alpha value is -1.46. The molecule has 1 aromatic rings. The Labute approximate surface area is 126 Å². The van der Waals surface area contributed by atoms with Crippen molar-refractivity contribution in [2.24, 2.45) is 5.92 Å². The third-order valence-electron chi connectivity index (χ3n) is 3.27. The molecule has 1 unspecified atom stereocenters. The first-order valence-electron chi connectivity index (χ1n) is 5.99. The number of benzene rings is 1. The molecule has 0 saturated carbocycles. The summed E-state index contributed by atoms with van der Waals surface area (Å²) in [5.74, 6) is -1.36. The number of carbonyl (C=O) groups excluding carboxylic acids is 1. The molecule has 7 heteroatoms. The van der Waals surface area contributed by atoms with Crippen LogP contribution in [0.15, 0.2) is 12.1 Å². The maximum absolute atomic E-state index is 12.3. The maximum Gasteiger partial charge on any atom is 0.308 e. The van der Waals surface area contributed by atoms with Crippen LogP contribution in [-0.2, 0) is 4.79 Å². The van der Waals surface area contributed by atoms with Gasteiger partial charge in [-0.15, -0.1) is 0 Å². The zero-order chi connectivity index (χ0) is 14.9. The Bertz CT molecular complexity index is 538. The molecule has 0 aliphatic carbocycles. The van der Waals surface area contributed by atoms with E-state index < -0.39 is 11.9 Å². The summed E-state index contributed by atoms with van der Waals surface area (Å²) < 4.78 is 5.02. The van der Waals surface area contributed by atoms with Crippen LogP contribution in [0.1, 0.15) is 16.8 Å². The number of methoxy groups -OCH3 is 1. The number of ether oxygens (including phenoxy) is 1. The fourth-order valence-corrected chi connectivity index (χ4v) is 2.85. The summed E-state index contributed by atoms with van der Waals surface area (Å²) in [4.78, 5) is 24.7. The van der Waals surface area contributed by atoms with Crippen LogP contribution in [0.4, 0.5) is 0 Å². The fraction of sp³-hybridized carbons (Fsp3) is 0.385. The predicted octanol–water partition coefficient (Wildman–Crippen LogP) is 2.55. The third kappa shape index (κ3) is 2.83. The van der Waals surface area contributed by atoms with Gasteiger partial charge in [-0.2, -0.15) is 0 Å². The van der Waals surface area contributed by atoms with Gasteiger partial charge in [0.2, 0.25) is 0 Å². The molecule has 2 rings (SSSR count). The molecule has 20 heavy (non-hydrogen) atoms. The number of nitrogens with zero attached hydrogens (tertiary/aromatic N) is 1. The number of aliphatic carboxylic acids is 1. The van der Waals surface area contributed by atoms with E-state index in [2.05, 4.69) is 0 Å². The van der Waals surface area contributed by atoms with Crippen LogP contribution < -0.4 is 4.74 Å². The Morgan fingerprint density at radius 2 is 1.95 bits per heavy atom. The monoisotopic (exact) mass is 317 g/mol. The van der Waals surface area contributed by atoms with Gasteiger partial charge in [0.15, 0.2) is 5.75 Å². The highest BCUT2D eigenvalue weighted by atomic mass is 35.5. The zero-order valence-electron chi connectivity index (χ0n) is 10.7. The van der Waals surface area contributed by atoms with Crippen LogP contribution in [0, 0.1) is 5.92 Å². The van der Waals surface area contributed by atoms with Gasteiger partial charge in [0, 0.05) is 18.7 Å². The van der Waals surface area contributed by atoms with Crippen LogP contribution in [-0.4, -0.2) is 42.1 Å². The first kappa shape index (κ1) is 14.9. The highest BCUT2D eigenvalue weighted by Gasteiger charge is 2.31. The van der Waals surface area contributed by atoms with Crippen LogP contribution in [0.2, 0.25) is 10.0 Å². The zero-order valence-corrected chi connectivity index (χ0v) is 12.2. The van der Waals surface area contributed by atoms with E-state index in [0.717, 1.165) is 0 Å². The largest absolute Gasteiger partial charge is 0.494 e. The number of hydrogen-bond acceptors (Lipinski definition) is 3. The van der Waals surface area contributed by atoms with E-state index >= 15 is 0 Å². The Kier molecular flexibility index (Phi) is 4.40. The molecular weight excluding hydrogens is 305 g/mol. The van der Waals surface area contributed by atoms with Gasteiger partial charge in [0.1, 0.15) is 0 Å². The summed E-state index contributed by atoms with van der Waals surface area (Å²) in [6, 6.07) is 2.95. The van der Waals surface area contributed by atoms with Crippen molar-refractivity contribution in [1.29, 1.82) is 0 Å². The van der Waals surface area contributed by atoms with E-state index in [0.29, 0.717) is 24.3 Å².